The van der Waals surface area contributed by atoms with Gasteiger partial charge in [0.1, 0.15) is 0 Å². The third kappa shape index (κ3) is 2.95. The summed E-state index contributed by atoms with van der Waals surface area (Å²) in [5.74, 6) is 0. The molecule has 8 heteroatoms. The van der Waals surface area contributed by atoms with E-state index in [-0.39, 0.29) is 0 Å². The van der Waals surface area contributed by atoms with Gasteiger partial charge in [0.25, 0.3) is 5.24 Å². The summed E-state index contributed by atoms with van der Waals surface area (Å²) in [6.45, 7) is 0.689. The second-order valence-corrected chi connectivity index (χ2v) is 3.81. The molecule has 0 amide bonds. The van der Waals surface area contributed by atoms with Crippen LogP contribution in [0.1, 0.15) is 27.0 Å². The summed E-state index contributed by atoms with van der Waals surface area (Å²) in [7, 11) is 0. The highest BCUT2D eigenvalue weighted by Gasteiger charge is 2.40. The normalized spacial score (nSPS) is 12.7. The van der Waals surface area contributed by atoms with Crippen LogP contribution in [0.15, 0.2) is 12.1 Å². The molecule has 1 aromatic carbocycles. The minimum Gasteiger partial charge on any atom is -0.276 e. The fourth-order valence-corrected chi connectivity index (χ4v) is 1.53. The molecule has 0 N–H and O–H groups in total. The van der Waals surface area contributed by atoms with Gasteiger partial charge in [0.15, 0.2) is 0 Å². The van der Waals surface area contributed by atoms with Gasteiger partial charge in [0, 0.05) is 5.56 Å². The highest BCUT2D eigenvalue weighted by Crippen LogP contribution is 2.39. The Balaban J connectivity index is 3.64. The number of carbonyl (C=O) groups excluding carboxylic acids is 1. The number of carbonyl (C=O) groups is 1. The van der Waals surface area contributed by atoms with E-state index in [9.17, 15) is 31.1 Å². The van der Waals surface area contributed by atoms with Gasteiger partial charge < -0.3 is 0 Å². The van der Waals surface area contributed by atoms with E-state index in [1.54, 1.807) is 0 Å². The van der Waals surface area contributed by atoms with Crippen LogP contribution < -0.4 is 0 Å². The number of rotatable bonds is 1. The van der Waals surface area contributed by atoms with Crippen LogP contribution in [0.25, 0.3) is 0 Å². The first-order valence-corrected chi connectivity index (χ1v) is 4.81. The third-order valence-electron chi connectivity index (χ3n) is 2.25. The van der Waals surface area contributed by atoms with Crippen molar-refractivity contribution in [2.75, 3.05) is 0 Å². The van der Waals surface area contributed by atoms with E-state index in [4.69, 9.17) is 11.6 Å². The highest BCUT2D eigenvalue weighted by molar-refractivity contribution is 6.67. The average molecular weight is 291 g/mol. The van der Waals surface area contributed by atoms with Crippen molar-refractivity contribution >= 4 is 16.8 Å². The lowest BCUT2D eigenvalue weighted by Crippen LogP contribution is -2.16. The predicted octanol–water partition coefficient (Wildman–Crippen LogP) is 4.41. The zero-order valence-corrected chi connectivity index (χ0v) is 9.46. The second kappa shape index (κ2) is 4.46. The summed E-state index contributed by atoms with van der Waals surface area (Å²) in [6.07, 6.45) is -9.99. The van der Waals surface area contributed by atoms with Crippen LogP contribution in [0.2, 0.25) is 0 Å². The van der Waals surface area contributed by atoms with Gasteiger partial charge in [0.05, 0.1) is 11.1 Å². The molecular formula is C10H5ClF6O. The Hall–Kier alpha value is -1.24. The largest absolute Gasteiger partial charge is 0.416 e. The van der Waals surface area contributed by atoms with Crippen molar-refractivity contribution in [2.45, 2.75) is 19.3 Å². The summed E-state index contributed by atoms with van der Waals surface area (Å²) in [5, 5.41) is -1.38. The molecule has 0 aliphatic carbocycles. The topological polar surface area (TPSA) is 17.1 Å². The van der Waals surface area contributed by atoms with Crippen molar-refractivity contribution in [1.29, 1.82) is 0 Å². The van der Waals surface area contributed by atoms with Crippen molar-refractivity contribution in [3.05, 3.63) is 34.4 Å². The molecule has 1 nitrogen and oxygen atoms in total. The summed E-state index contributed by atoms with van der Waals surface area (Å²) >= 11 is 4.93. The molecule has 1 aromatic rings. The van der Waals surface area contributed by atoms with Crippen molar-refractivity contribution in [3.63, 3.8) is 0 Å². The summed E-state index contributed by atoms with van der Waals surface area (Å²) < 4.78 is 75.2. The predicted molar refractivity (Wildman–Crippen MR) is 51.4 cm³/mol. The molecule has 0 saturated carbocycles. The molecule has 0 bridgehead atoms. The van der Waals surface area contributed by atoms with Crippen LogP contribution in [-0.2, 0) is 12.4 Å². The Labute approximate surface area is 102 Å². The van der Waals surface area contributed by atoms with Gasteiger partial charge in [-0.2, -0.15) is 26.3 Å². The number of benzene rings is 1. The van der Waals surface area contributed by atoms with E-state index in [1.165, 1.54) is 0 Å². The van der Waals surface area contributed by atoms with E-state index >= 15 is 0 Å². The molecule has 0 aromatic heterocycles. The summed E-state index contributed by atoms with van der Waals surface area (Å²) in [4.78, 5) is 10.7. The zero-order valence-electron chi connectivity index (χ0n) is 8.71. The number of halogens is 7. The molecule has 1 rings (SSSR count). The Kier molecular flexibility index (Phi) is 3.67. The molecule has 18 heavy (non-hydrogen) atoms. The molecule has 0 unspecified atom stereocenters. The Morgan fingerprint density at radius 3 is 1.56 bits per heavy atom. The summed E-state index contributed by atoms with van der Waals surface area (Å²) in [5.41, 5.74) is -4.89. The lowest BCUT2D eigenvalue weighted by atomic mass is 9.98. The van der Waals surface area contributed by atoms with E-state index in [2.05, 4.69) is 0 Å². The van der Waals surface area contributed by atoms with Gasteiger partial charge in [-0.3, -0.25) is 4.79 Å². The maximum Gasteiger partial charge on any atom is 0.416 e. The fraction of sp³-hybridized carbons (Fsp3) is 0.300. The van der Waals surface area contributed by atoms with Gasteiger partial charge in [-0.05, 0) is 36.2 Å². The van der Waals surface area contributed by atoms with Crippen LogP contribution in [0.3, 0.4) is 0 Å². The first-order valence-electron chi connectivity index (χ1n) is 4.43. The Morgan fingerprint density at radius 1 is 1.00 bits per heavy atom. The molecule has 0 heterocycles. The monoisotopic (exact) mass is 290 g/mol. The highest BCUT2D eigenvalue weighted by atomic mass is 35.5. The van der Waals surface area contributed by atoms with Gasteiger partial charge in [-0.1, -0.05) is 0 Å². The molecule has 0 spiro atoms. The van der Waals surface area contributed by atoms with Crippen LogP contribution in [0, 0.1) is 6.92 Å². The first-order chi connectivity index (χ1) is 7.94. The maximum atomic E-state index is 12.5. The fourth-order valence-electron chi connectivity index (χ4n) is 1.42. The first kappa shape index (κ1) is 14.8. The number of alkyl halides is 6. The van der Waals surface area contributed by atoms with Gasteiger partial charge in [0.2, 0.25) is 0 Å². The maximum absolute atomic E-state index is 12.5. The molecule has 100 valence electrons. The molecule has 0 radical (unpaired) electrons. The Bertz CT molecular complexity index is 453. The van der Waals surface area contributed by atoms with Gasteiger partial charge in [-0.15, -0.1) is 0 Å². The minimum atomic E-state index is -4.99. The molecule has 0 aliphatic heterocycles. The molecule has 0 aliphatic rings. The lowest BCUT2D eigenvalue weighted by Gasteiger charge is -2.17. The van der Waals surface area contributed by atoms with Crippen molar-refractivity contribution in [1.82, 2.24) is 0 Å². The molecule has 0 saturated heterocycles. The van der Waals surface area contributed by atoms with Crippen molar-refractivity contribution in [3.8, 4) is 0 Å². The smallest absolute Gasteiger partial charge is 0.276 e. The van der Waals surface area contributed by atoms with E-state index < -0.39 is 39.8 Å². The number of hydrogen-bond acceptors (Lipinski definition) is 1. The zero-order chi connectivity index (χ0) is 14.3. The number of hydrogen-bond donors (Lipinski definition) is 0. The molecule has 0 atom stereocenters. The standard InChI is InChI=1S/C10H5ClF6O/c1-4-6(9(12,13)14)2-5(8(11)18)3-7(4)10(15,16)17/h2-3H,1H3. The van der Waals surface area contributed by atoms with Crippen molar-refractivity contribution < 1.29 is 31.1 Å². The van der Waals surface area contributed by atoms with Crippen LogP contribution in [0.5, 0.6) is 0 Å². The van der Waals surface area contributed by atoms with Crippen LogP contribution >= 0.6 is 11.6 Å². The lowest BCUT2D eigenvalue weighted by molar-refractivity contribution is -0.143. The molecule has 0 fully saturated rings. The van der Waals surface area contributed by atoms with Crippen LogP contribution in [-0.4, -0.2) is 5.24 Å². The summed E-state index contributed by atoms with van der Waals surface area (Å²) in [6, 6.07) is 0.611. The van der Waals surface area contributed by atoms with Gasteiger partial charge >= 0.3 is 12.4 Å². The SMILES string of the molecule is Cc1c(C(F)(F)F)cc(C(=O)Cl)cc1C(F)(F)F. The van der Waals surface area contributed by atoms with E-state index in [1.807, 2.05) is 0 Å². The van der Waals surface area contributed by atoms with E-state index in [0.29, 0.717) is 19.1 Å². The third-order valence-corrected chi connectivity index (χ3v) is 2.46. The Morgan fingerprint density at radius 2 is 1.33 bits per heavy atom. The molecular weight excluding hydrogens is 286 g/mol. The van der Waals surface area contributed by atoms with E-state index in [0.717, 1.165) is 0 Å². The quantitative estimate of drug-likeness (QED) is 0.553. The average Bonchev–Trinajstić information content (AvgIpc) is 2.13. The van der Waals surface area contributed by atoms with Gasteiger partial charge in [-0.25, -0.2) is 0 Å². The minimum absolute atomic E-state index is 0.305. The van der Waals surface area contributed by atoms with Crippen molar-refractivity contribution in [2.24, 2.45) is 0 Å². The second-order valence-electron chi connectivity index (χ2n) is 3.47. The van der Waals surface area contributed by atoms with Crippen LogP contribution in [0.4, 0.5) is 26.3 Å².